The van der Waals surface area contributed by atoms with Gasteiger partial charge in [-0.05, 0) is 30.7 Å². The summed E-state index contributed by atoms with van der Waals surface area (Å²) in [6.45, 7) is 6.01. The van der Waals surface area contributed by atoms with Crippen molar-refractivity contribution < 1.29 is 9.59 Å². The standard InChI is InChI=1S/C22H28ClN5O2/c1-3-4-10-27(2)22(30)19-14-18(15-25-20(19)28-11-8-24-9-12-28)26-21(29)16-6-5-7-17(23)13-16/h5-7,13-15,24H,3-4,8-12H2,1-2H3,(H,26,29). The van der Waals surface area contributed by atoms with Crippen LogP contribution in [0.1, 0.15) is 40.5 Å². The van der Waals surface area contributed by atoms with Crippen molar-refractivity contribution in [2.24, 2.45) is 0 Å². The molecular formula is C22H28ClN5O2. The molecule has 0 saturated carbocycles. The number of unbranched alkanes of at least 4 members (excludes halogenated alkanes) is 1. The lowest BCUT2D eigenvalue weighted by atomic mass is 10.1. The van der Waals surface area contributed by atoms with E-state index in [1.165, 1.54) is 0 Å². The molecule has 1 aliphatic rings. The number of halogens is 1. The molecule has 0 radical (unpaired) electrons. The number of nitrogens with zero attached hydrogens (tertiary/aromatic N) is 3. The molecule has 0 unspecified atom stereocenters. The Hall–Kier alpha value is -2.64. The van der Waals surface area contributed by atoms with Crippen molar-refractivity contribution in [3.63, 3.8) is 0 Å². The highest BCUT2D eigenvalue weighted by Gasteiger charge is 2.23. The van der Waals surface area contributed by atoms with E-state index in [2.05, 4.69) is 27.4 Å². The minimum atomic E-state index is -0.299. The predicted molar refractivity (Wildman–Crippen MR) is 121 cm³/mol. The van der Waals surface area contributed by atoms with E-state index in [4.69, 9.17) is 11.6 Å². The third kappa shape index (κ3) is 5.49. The van der Waals surface area contributed by atoms with Gasteiger partial charge in [0.25, 0.3) is 11.8 Å². The zero-order chi connectivity index (χ0) is 21.5. The van der Waals surface area contributed by atoms with Crippen LogP contribution in [-0.2, 0) is 0 Å². The second-order valence-corrected chi connectivity index (χ2v) is 7.81. The van der Waals surface area contributed by atoms with Crippen LogP contribution in [0.3, 0.4) is 0 Å². The lowest BCUT2D eigenvalue weighted by molar-refractivity contribution is 0.0793. The second kappa shape index (κ2) is 10.4. The van der Waals surface area contributed by atoms with Gasteiger partial charge in [-0.25, -0.2) is 4.98 Å². The zero-order valence-corrected chi connectivity index (χ0v) is 18.2. The Morgan fingerprint density at radius 1 is 1.27 bits per heavy atom. The molecule has 30 heavy (non-hydrogen) atoms. The summed E-state index contributed by atoms with van der Waals surface area (Å²) in [5.74, 6) is 0.265. The smallest absolute Gasteiger partial charge is 0.257 e. The van der Waals surface area contributed by atoms with Gasteiger partial charge in [-0.2, -0.15) is 0 Å². The number of piperazine rings is 1. The van der Waals surface area contributed by atoms with Crippen molar-refractivity contribution in [2.45, 2.75) is 19.8 Å². The highest BCUT2D eigenvalue weighted by Crippen LogP contribution is 2.24. The summed E-state index contributed by atoms with van der Waals surface area (Å²) in [5.41, 5.74) is 1.42. The van der Waals surface area contributed by atoms with E-state index in [9.17, 15) is 9.59 Å². The molecule has 0 aliphatic carbocycles. The number of pyridine rings is 1. The summed E-state index contributed by atoms with van der Waals surface area (Å²) in [4.78, 5) is 34.2. The molecule has 160 valence electrons. The van der Waals surface area contributed by atoms with E-state index >= 15 is 0 Å². The number of amides is 2. The molecule has 1 aromatic heterocycles. The molecule has 2 amide bonds. The summed E-state index contributed by atoms with van der Waals surface area (Å²) in [6.07, 6.45) is 3.54. The minimum Gasteiger partial charge on any atom is -0.353 e. The van der Waals surface area contributed by atoms with Gasteiger partial charge in [-0.1, -0.05) is 31.0 Å². The maximum atomic E-state index is 13.2. The first-order valence-corrected chi connectivity index (χ1v) is 10.7. The van der Waals surface area contributed by atoms with Gasteiger partial charge in [-0.15, -0.1) is 0 Å². The van der Waals surface area contributed by atoms with Gasteiger partial charge < -0.3 is 20.4 Å². The number of hydrogen-bond donors (Lipinski definition) is 2. The normalized spacial score (nSPS) is 13.8. The molecule has 0 bridgehead atoms. The number of nitrogens with one attached hydrogen (secondary N) is 2. The number of carbonyl (C=O) groups is 2. The minimum absolute atomic E-state index is 0.0941. The van der Waals surface area contributed by atoms with E-state index in [1.807, 2.05) is 0 Å². The van der Waals surface area contributed by atoms with Crippen LogP contribution in [0.15, 0.2) is 36.5 Å². The lowest BCUT2D eigenvalue weighted by Gasteiger charge is -2.30. The van der Waals surface area contributed by atoms with Crippen LogP contribution in [0.25, 0.3) is 0 Å². The van der Waals surface area contributed by atoms with Crippen LogP contribution in [0.5, 0.6) is 0 Å². The van der Waals surface area contributed by atoms with E-state index in [-0.39, 0.29) is 11.8 Å². The number of hydrogen-bond acceptors (Lipinski definition) is 5. The predicted octanol–water partition coefficient (Wildman–Crippen LogP) is 3.27. The molecular weight excluding hydrogens is 402 g/mol. The molecule has 0 spiro atoms. The zero-order valence-electron chi connectivity index (χ0n) is 17.4. The third-order valence-electron chi connectivity index (χ3n) is 5.05. The number of rotatable bonds is 7. The van der Waals surface area contributed by atoms with Crippen molar-refractivity contribution in [1.29, 1.82) is 0 Å². The Morgan fingerprint density at radius 2 is 2.03 bits per heavy atom. The Bertz CT molecular complexity index is 899. The van der Waals surface area contributed by atoms with Gasteiger partial charge in [-0.3, -0.25) is 9.59 Å². The van der Waals surface area contributed by atoms with Gasteiger partial charge in [0.2, 0.25) is 0 Å². The maximum absolute atomic E-state index is 13.2. The van der Waals surface area contributed by atoms with Crippen LogP contribution >= 0.6 is 11.6 Å². The van der Waals surface area contributed by atoms with Crippen LogP contribution in [0.2, 0.25) is 5.02 Å². The number of anilines is 2. The molecule has 2 heterocycles. The van der Waals surface area contributed by atoms with Crippen molar-refractivity contribution in [3.05, 3.63) is 52.7 Å². The second-order valence-electron chi connectivity index (χ2n) is 7.38. The van der Waals surface area contributed by atoms with E-state index in [0.717, 1.165) is 39.0 Å². The molecule has 7 nitrogen and oxygen atoms in total. The average Bonchev–Trinajstić information content (AvgIpc) is 2.77. The molecule has 1 fully saturated rings. The van der Waals surface area contributed by atoms with Gasteiger partial charge in [0.05, 0.1) is 17.4 Å². The highest BCUT2D eigenvalue weighted by molar-refractivity contribution is 6.31. The van der Waals surface area contributed by atoms with Gasteiger partial charge in [0.15, 0.2) is 0 Å². The highest BCUT2D eigenvalue weighted by atomic mass is 35.5. The van der Waals surface area contributed by atoms with E-state index in [0.29, 0.717) is 34.2 Å². The topological polar surface area (TPSA) is 77.6 Å². The van der Waals surface area contributed by atoms with Gasteiger partial charge >= 0.3 is 0 Å². The quantitative estimate of drug-likeness (QED) is 0.706. The van der Waals surface area contributed by atoms with Crippen molar-refractivity contribution >= 4 is 34.9 Å². The van der Waals surface area contributed by atoms with Crippen molar-refractivity contribution in [1.82, 2.24) is 15.2 Å². The summed E-state index contributed by atoms with van der Waals surface area (Å²) < 4.78 is 0. The molecule has 1 saturated heterocycles. The van der Waals surface area contributed by atoms with Gasteiger partial charge in [0, 0.05) is 50.4 Å². The SMILES string of the molecule is CCCCN(C)C(=O)c1cc(NC(=O)c2cccc(Cl)c2)cnc1N1CCNCC1. The number of carbonyl (C=O) groups excluding carboxylic acids is 2. The molecule has 8 heteroatoms. The molecule has 2 N–H and O–H groups in total. The molecule has 2 aromatic rings. The Balaban J connectivity index is 1.88. The van der Waals surface area contributed by atoms with E-state index < -0.39 is 0 Å². The third-order valence-corrected chi connectivity index (χ3v) is 5.29. The van der Waals surface area contributed by atoms with Crippen LogP contribution in [0.4, 0.5) is 11.5 Å². The first kappa shape index (κ1) is 22.1. The number of aromatic nitrogens is 1. The summed E-state index contributed by atoms with van der Waals surface area (Å²) >= 11 is 5.99. The summed E-state index contributed by atoms with van der Waals surface area (Å²) in [7, 11) is 1.80. The Labute approximate surface area is 182 Å². The lowest BCUT2D eigenvalue weighted by Crippen LogP contribution is -2.45. The average molecular weight is 430 g/mol. The Kier molecular flexibility index (Phi) is 7.65. The molecule has 3 rings (SSSR count). The van der Waals surface area contributed by atoms with Crippen molar-refractivity contribution in [3.8, 4) is 0 Å². The molecule has 0 atom stereocenters. The fourth-order valence-corrected chi connectivity index (χ4v) is 3.54. The monoisotopic (exact) mass is 429 g/mol. The first-order chi connectivity index (χ1) is 14.5. The van der Waals surface area contributed by atoms with Crippen LogP contribution < -0.4 is 15.5 Å². The van der Waals surface area contributed by atoms with Crippen molar-refractivity contribution in [2.75, 3.05) is 50.0 Å². The van der Waals surface area contributed by atoms with Gasteiger partial charge in [0.1, 0.15) is 5.82 Å². The fraction of sp³-hybridized carbons (Fsp3) is 0.409. The summed E-state index contributed by atoms with van der Waals surface area (Å²) in [5, 5.41) is 6.63. The largest absolute Gasteiger partial charge is 0.353 e. The molecule has 1 aromatic carbocycles. The summed E-state index contributed by atoms with van der Waals surface area (Å²) in [6, 6.07) is 8.45. The fourth-order valence-electron chi connectivity index (χ4n) is 3.35. The number of benzene rings is 1. The molecule has 1 aliphatic heterocycles. The first-order valence-electron chi connectivity index (χ1n) is 10.3. The Morgan fingerprint density at radius 3 is 2.73 bits per heavy atom. The van der Waals surface area contributed by atoms with Crippen LogP contribution in [-0.4, -0.2) is 61.5 Å². The van der Waals surface area contributed by atoms with Crippen LogP contribution in [0, 0.1) is 0 Å². The maximum Gasteiger partial charge on any atom is 0.257 e. The van der Waals surface area contributed by atoms with E-state index in [1.54, 1.807) is 48.5 Å².